The quantitative estimate of drug-likeness (QED) is 0.861. The molecule has 94 valence electrons. The molecule has 1 aliphatic rings. The molecule has 2 N–H and O–H groups in total. The van der Waals surface area contributed by atoms with Gasteiger partial charge in [-0.25, -0.2) is 0 Å². The first-order valence-electron chi connectivity index (χ1n) is 5.68. The topological polar surface area (TPSA) is 52.3 Å². The maximum Gasteiger partial charge on any atom is 0.0587 e. The molecule has 0 radical (unpaired) electrons. The van der Waals surface area contributed by atoms with Crippen LogP contribution in [0.4, 0.5) is 5.69 Å². The second-order valence-corrected chi connectivity index (χ2v) is 6.13. The van der Waals surface area contributed by atoms with Crippen LogP contribution in [0.25, 0.3) is 0 Å². The molecule has 3 nitrogen and oxygen atoms in total. The van der Waals surface area contributed by atoms with Crippen LogP contribution in [0, 0.1) is 5.92 Å². The van der Waals surface area contributed by atoms with Crippen LogP contribution in [0.3, 0.4) is 0 Å². The largest absolute Gasteiger partial charge is 0.399 e. The zero-order valence-electron chi connectivity index (χ0n) is 9.52. The second kappa shape index (κ2) is 5.85. The van der Waals surface area contributed by atoms with E-state index in [4.69, 9.17) is 22.1 Å². The lowest BCUT2D eigenvalue weighted by Crippen LogP contribution is -2.21. The number of halogens is 1. The van der Waals surface area contributed by atoms with E-state index < -0.39 is 10.8 Å². The van der Waals surface area contributed by atoms with Crippen molar-refractivity contribution in [1.29, 1.82) is 0 Å². The fourth-order valence-electron chi connectivity index (χ4n) is 1.92. The number of hydrogen-bond acceptors (Lipinski definition) is 3. The van der Waals surface area contributed by atoms with E-state index in [-0.39, 0.29) is 0 Å². The smallest absolute Gasteiger partial charge is 0.0587 e. The fraction of sp³-hybridized carbons (Fsp3) is 0.500. The Hall–Kier alpha value is -0.580. The van der Waals surface area contributed by atoms with Crippen LogP contribution < -0.4 is 5.73 Å². The number of anilines is 1. The van der Waals surface area contributed by atoms with E-state index in [1.807, 2.05) is 0 Å². The summed E-state index contributed by atoms with van der Waals surface area (Å²) in [7, 11) is -1.04. The van der Waals surface area contributed by atoms with Crippen LogP contribution in [-0.2, 0) is 15.5 Å². The third kappa shape index (κ3) is 3.44. The lowest BCUT2D eigenvalue weighted by Gasteiger charge is -2.21. The Balaban J connectivity index is 2.03. The highest BCUT2D eigenvalue weighted by Gasteiger charge is 2.18. The lowest BCUT2D eigenvalue weighted by atomic mass is 10.0. The Morgan fingerprint density at radius 3 is 2.76 bits per heavy atom. The minimum Gasteiger partial charge on any atom is -0.399 e. The third-order valence-corrected chi connectivity index (χ3v) is 4.97. The highest BCUT2D eigenvalue weighted by atomic mass is 35.5. The minimum absolute atomic E-state index is 0.471. The maximum absolute atomic E-state index is 12.2. The second-order valence-electron chi connectivity index (χ2n) is 4.26. The van der Waals surface area contributed by atoms with Crippen molar-refractivity contribution in [1.82, 2.24) is 0 Å². The number of rotatable bonds is 3. The number of hydrogen-bond donors (Lipinski definition) is 1. The van der Waals surface area contributed by atoms with E-state index in [1.54, 1.807) is 18.2 Å². The molecular weight excluding hydrogens is 258 g/mol. The number of ether oxygens (including phenoxy) is 1. The molecule has 0 bridgehead atoms. The first kappa shape index (κ1) is 12.9. The molecule has 0 amide bonds. The van der Waals surface area contributed by atoms with Crippen molar-refractivity contribution in [2.24, 2.45) is 5.92 Å². The van der Waals surface area contributed by atoms with E-state index in [9.17, 15) is 4.21 Å². The molecule has 1 aromatic carbocycles. The van der Waals surface area contributed by atoms with Gasteiger partial charge in [0.1, 0.15) is 0 Å². The highest BCUT2D eigenvalue weighted by Crippen LogP contribution is 2.25. The molecule has 2 rings (SSSR count). The molecule has 1 heterocycles. The Kier molecular flexibility index (Phi) is 4.42. The third-order valence-electron chi connectivity index (χ3n) is 2.93. The molecule has 0 aliphatic carbocycles. The molecule has 0 saturated carbocycles. The average molecular weight is 274 g/mol. The van der Waals surface area contributed by atoms with E-state index in [0.717, 1.165) is 26.1 Å². The summed E-state index contributed by atoms with van der Waals surface area (Å²) < 4.78 is 17.5. The van der Waals surface area contributed by atoms with Gasteiger partial charge in [0.25, 0.3) is 0 Å². The number of benzene rings is 1. The maximum atomic E-state index is 12.2. The molecule has 1 fully saturated rings. The van der Waals surface area contributed by atoms with Crippen molar-refractivity contribution in [2.45, 2.75) is 17.7 Å². The first-order valence-corrected chi connectivity index (χ1v) is 7.37. The summed E-state index contributed by atoms with van der Waals surface area (Å²) in [5.74, 6) is 1.13. The lowest BCUT2D eigenvalue weighted by molar-refractivity contribution is 0.0725. The Bertz CT molecular complexity index is 419. The summed E-state index contributed by atoms with van der Waals surface area (Å²) in [6.45, 7) is 1.55. The van der Waals surface area contributed by atoms with Crippen LogP contribution >= 0.6 is 11.6 Å². The van der Waals surface area contributed by atoms with E-state index in [2.05, 4.69) is 0 Å². The van der Waals surface area contributed by atoms with Gasteiger partial charge in [-0.15, -0.1) is 0 Å². The summed E-state index contributed by atoms with van der Waals surface area (Å²) in [5.41, 5.74) is 6.21. The molecule has 1 aromatic rings. The molecule has 1 saturated heterocycles. The summed E-state index contributed by atoms with van der Waals surface area (Å²) in [4.78, 5) is 0.687. The predicted molar refractivity (Wildman–Crippen MR) is 70.7 cm³/mol. The molecule has 1 aliphatic heterocycles. The zero-order chi connectivity index (χ0) is 12.3. The van der Waals surface area contributed by atoms with Crippen molar-refractivity contribution < 1.29 is 8.95 Å². The standard InChI is InChI=1S/C12H16ClNO2S/c13-11-7-10(14)1-2-12(11)17(15)8-9-3-5-16-6-4-9/h1-2,7,9H,3-6,8,14H2. The van der Waals surface area contributed by atoms with Crippen LogP contribution in [0.2, 0.25) is 5.02 Å². The summed E-state index contributed by atoms with van der Waals surface area (Å²) >= 11 is 6.04. The molecular formula is C12H16ClNO2S. The van der Waals surface area contributed by atoms with Gasteiger partial charge in [-0.2, -0.15) is 0 Å². The van der Waals surface area contributed by atoms with Crippen molar-refractivity contribution in [3.8, 4) is 0 Å². The molecule has 0 aromatic heterocycles. The molecule has 1 atom stereocenters. The van der Waals surface area contributed by atoms with Crippen molar-refractivity contribution >= 4 is 28.1 Å². The average Bonchev–Trinajstić information content (AvgIpc) is 2.30. The fourth-order valence-corrected chi connectivity index (χ4v) is 3.80. The molecule has 1 unspecified atom stereocenters. The van der Waals surface area contributed by atoms with Crippen LogP contribution in [0.5, 0.6) is 0 Å². The van der Waals surface area contributed by atoms with Crippen molar-refractivity contribution in [3.05, 3.63) is 23.2 Å². The number of nitrogens with two attached hydrogens (primary N) is 1. The van der Waals surface area contributed by atoms with Crippen molar-refractivity contribution in [3.63, 3.8) is 0 Å². The van der Waals surface area contributed by atoms with Gasteiger partial charge in [-0.3, -0.25) is 4.21 Å². The van der Waals surface area contributed by atoms with Gasteiger partial charge in [0.15, 0.2) is 0 Å². The normalized spacial score (nSPS) is 19.1. The van der Waals surface area contributed by atoms with Crippen LogP contribution in [0.15, 0.2) is 23.1 Å². The Labute approximate surface area is 109 Å². The Morgan fingerprint density at radius 2 is 2.12 bits per heavy atom. The number of nitrogen functional groups attached to an aromatic ring is 1. The van der Waals surface area contributed by atoms with E-state index >= 15 is 0 Å². The van der Waals surface area contributed by atoms with Gasteiger partial charge in [0.2, 0.25) is 0 Å². The monoisotopic (exact) mass is 273 g/mol. The van der Waals surface area contributed by atoms with Gasteiger partial charge < -0.3 is 10.5 Å². The summed E-state index contributed by atoms with van der Waals surface area (Å²) in [5, 5.41) is 0.496. The van der Waals surface area contributed by atoms with E-state index in [1.165, 1.54) is 0 Å². The highest BCUT2D eigenvalue weighted by molar-refractivity contribution is 7.85. The van der Waals surface area contributed by atoms with Gasteiger partial charge in [-0.1, -0.05) is 11.6 Å². The molecule has 0 spiro atoms. The van der Waals surface area contributed by atoms with Crippen LogP contribution in [0.1, 0.15) is 12.8 Å². The zero-order valence-corrected chi connectivity index (χ0v) is 11.1. The van der Waals surface area contributed by atoms with Crippen molar-refractivity contribution in [2.75, 3.05) is 24.7 Å². The van der Waals surface area contributed by atoms with Gasteiger partial charge in [-0.05, 0) is 37.0 Å². The van der Waals surface area contributed by atoms with Gasteiger partial charge in [0, 0.05) is 24.7 Å². The Morgan fingerprint density at radius 1 is 1.41 bits per heavy atom. The minimum atomic E-state index is -1.04. The first-order chi connectivity index (χ1) is 8.16. The predicted octanol–water partition coefficient (Wildman–Crippen LogP) is 2.46. The van der Waals surface area contributed by atoms with E-state index in [0.29, 0.717) is 27.3 Å². The van der Waals surface area contributed by atoms with Gasteiger partial charge >= 0.3 is 0 Å². The van der Waals surface area contributed by atoms with Gasteiger partial charge in [0.05, 0.1) is 20.7 Å². The van der Waals surface area contributed by atoms with Crippen LogP contribution in [-0.4, -0.2) is 23.2 Å². The SMILES string of the molecule is Nc1ccc(S(=O)CC2CCOCC2)c(Cl)c1. The molecule has 17 heavy (non-hydrogen) atoms. The molecule has 5 heteroatoms. The summed E-state index contributed by atoms with van der Waals surface area (Å²) in [6, 6.07) is 5.15. The summed E-state index contributed by atoms with van der Waals surface area (Å²) in [6.07, 6.45) is 1.97.